The number of terminal acetylenes is 1. The Hall–Kier alpha value is -1.80. The highest BCUT2D eigenvalue weighted by Gasteiger charge is 2.49. The molecule has 1 unspecified atom stereocenters. The van der Waals surface area contributed by atoms with Gasteiger partial charge in [0.05, 0.1) is 6.61 Å². The molecule has 5 heteroatoms. The van der Waals surface area contributed by atoms with Gasteiger partial charge in [0.2, 0.25) is 5.41 Å². The molecule has 0 bridgehead atoms. The average molecular weight is 325 g/mol. The maximum atomic E-state index is 12.1. The summed E-state index contributed by atoms with van der Waals surface area (Å²) in [6, 6.07) is 6.49. The first-order chi connectivity index (χ1) is 8.98. The van der Waals surface area contributed by atoms with Gasteiger partial charge < -0.3 is 9.84 Å². The van der Waals surface area contributed by atoms with Crippen molar-refractivity contribution in [3.63, 3.8) is 0 Å². The van der Waals surface area contributed by atoms with E-state index in [2.05, 4.69) is 21.9 Å². The number of hydrogen-bond acceptors (Lipinski definition) is 3. The number of aliphatic carboxylic acids is 1. The van der Waals surface area contributed by atoms with E-state index in [-0.39, 0.29) is 13.0 Å². The van der Waals surface area contributed by atoms with Crippen molar-refractivity contribution in [2.24, 2.45) is 0 Å². The van der Waals surface area contributed by atoms with Gasteiger partial charge in [-0.1, -0.05) is 28.1 Å². The molecule has 4 nitrogen and oxygen atoms in total. The first-order valence-corrected chi connectivity index (χ1v) is 6.38. The van der Waals surface area contributed by atoms with Gasteiger partial charge in [-0.2, -0.15) is 0 Å². The second-order valence-corrected chi connectivity index (χ2v) is 4.74. The zero-order chi connectivity index (χ0) is 14.5. The summed E-state index contributed by atoms with van der Waals surface area (Å²) in [5.41, 5.74) is -1.57. The molecule has 100 valence electrons. The van der Waals surface area contributed by atoms with Crippen molar-refractivity contribution in [2.75, 3.05) is 6.61 Å². The van der Waals surface area contributed by atoms with Crippen molar-refractivity contribution >= 4 is 27.9 Å². The summed E-state index contributed by atoms with van der Waals surface area (Å²) in [4.78, 5) is 23.7. The van der Waals surface area contributed by atoms with E-state index in [1.165, 1.54) is 0 Å². The Morgan fingerprint density at radius 3 is 2.68 bits per heavy atom. The molecule has 0 amide bonds. The summed E-state index contributed by atoms with van der Waals surface area (Å²) < 4.78 is 5.55. The van der Waals surface area contributed by atoms with Gasteiger partial charge in [0, 0.05) is 10.9 Å². The lowest BCUT2D eigenvalue weighted by molar-refractivity contribution is -0.161. The van der Waals surface area contributed by atoms with Gasteiger partial charge >= 0.3 is 11.9 Å². The molecule has 1 rings (SSSR count). The highest BCUT2D eigenvalue weighted by Crippen LogP contribution is 2.32. The lowest BCUT2D eigenvalue weighted by atomic mass is 9.78. The van der Waals surface area contributed by atoms with Crippen LogP contribution in [0.1, 0.15) is 18.9 Å². The van der Waals surface area contributed by atoms with Gasteiger partial charge in [-0.3, -0.25) is 9.59 Å². The molecular formula is C14H13BrO4. The second kappa shape index (κ2) is 6.39. The number of hydrogen-bond donors (Lipinski definition) is 1. The number of carboxylic acids is 1. The minimum atomic E-state index is -1.87. The molecule has 1 aromatic rings. The number of ether oxygens (including phenoxy) is 1. The Morgan fingerprint density at radius 2 is 2.21 bits per heavy atom. The van der Waals surface area contributed by atoms with E-state index in [9.17, 15) is 14.7 Å². The normalized spacial score (nSPS) is 13.1. The van der Waals surface area contributed by atoms with E-state index in [4.69, 9.17) is 11.2 Å². The van der Waals surface area contributed by atoms with Crippen LogP contribution in [0, 0.1) is 12.3 Å². The molecule has 0 radical (unpaired) electrons. The van der Waals surface area contributed by atoms with Gasteiger partial charge in [-0.15, -0.1) is 12.3 Å². The summed E-state index contributed by atoms with van der Waals surface area (Å²) in [5, 5.41) is 9.48. The molecule has 0 aliphatic rings. The maximum Gasteiger partial charge on any atom is 0.329 e. The largest absolute Gasteiger partial charge is 0.480 e. The van der Waals surface area contributed by atoms with Crippen LogP contribution in [0.2, 0.25) is 0 Å². The van der Waals surface area contributed by atoms with E-state index in [1.54, 1.807) is 31.2 Å². The molecule has 0 fully saturated rings. The Balaban J connectivity index is 3.44. The predicted octanol–water partition coefficient (Wildman–Crippen LogP) is 2.36. The molecule has 0 aliphatic carbocycles. The fourth-order valence-electron chi connectivity index (χ4n) is 1.74. The van der Waals surface area contributed by atoms with Crippen LogP contribution in [0.4, 0.5) is 0 Å². The minimum absolute atomic E-state index is 0.0897. The van der Waals surface area contributed by atoms with Crippen LogP contribution in [0.5, 0.6) is 0 Å². The third kappa shape index (κ3) is 2.96. The van der Waals surface area contributed by atoms with Crippen molar-refractivity contribution in [3.05, 3.63) is 34.3 Å². The Labute approximate surface area is 119 Å². The summed E-state index contributed by atoms with van der Waals surface area (Å²) in [6.07, 6.45) is 4.96. The number of rotatable bonds is 5. The smallest absolute Gasteiger partial charge is 0.329 e. The quantitative estimate of drug-likeness (QED) is 0.513. The molecule has 1 aromatic carbocycles. The van der Waals surface area contributed by atoms with Crippen molar-refractivity contribution in [2.45, 2.75) is 18.8 Å². The number of carbonyl (C=O) groups is 2. The van der Waals surface area contributed by atoms with Gasteiger partial charge in [0.15, 0.2) is 0 Å². The van der Waals surface area contributed by atoms with Crippen LogP contribution in [0.3, 0.4) is 0 Å². The number of carboxylic acid groups (broad SMARTS) is 1. The Kier molecular flexibility index (Phi) is 5.13. The van der Waals surface area contributed by atoms with Crippen LogP contribution in [0.15, 0.2) is 28.7 Å². The molecular weight excluding hydrogens is 312 g/mol. The van der Waals surface area contributed by atoms with Crippen LogP contribution in [-0.4, -0.2) is 23.7 Å². The van der Waals surface area contributed by atoms with Gasteiger partial charge in [-0.05, 0) is 24.6 Å². The van der Waals surface area contributed by atoms with Gasteiger partial charge in [0.1, 0.15) is 0 Å². The van der Waals surface area contributed by atoms with Crippen LogP contribution in [0.25, 0.3) is 0 Å². The lowest BCUT2D eigenvalue weighted by Gasteiger charge is -2.25. The molecule has 19 heavy (non-hydrogen) atoms. The van der Waals surface area contributed by atoms with E-state index in [1.807, 2.05) is 0 Å². The zero-order valence-electron chi connectivity index (χ0n) is 10.4. The number of esters is 1. The van der Waals surface area contributed by atoms with Crippen LogP contribution in [-0.2, 0) is 19.7 Å². The second-order valence-electron chi connectivity index (χ2n) is 3.82. The highest BCUT2D eigenvalue weighted by molar-refractivity contribution is 9.10. The van der Waals surface area contributed by atoms with Crippen LogP contribution < -0.4 is 0 Å². The number of halogens is 1. The molecule has 0 saturated heterocycles. The minimum Gasteiger partial charge on any atom is -0.480 e. The number of benzene rings is 1. The first-order valence-electron chi connectivity index (χ1n) is 5.59. The highest BCUT2D eigenvalue weighted by atomic mass is 79.9. The summed E-state index contributed by atoms with van der Waals surface area (Å²) in [6.45, 7) is 1.70. The van der Waals surface area contributed by atoms with Crippen molar-refractivity contribution in [1.82, 2.24) is 0 Å². The molecule has 1 N–H and O–H groups in total. The third-order valence-electron chi connectivity index (χ3n) is 2.67. The molecule has 0 saturated carbocycles. The van der Waals surface area contributed by atoms with E-state index >= 15 is 0 Å². The SMILES string of the molecule is C#CCC(C(=O)O)(C(=O)OCC)c1cccc(Br)c1. The molecule has 0 spiro atoms. The maximum absolute atomic E-state index is 12.1. The first kappa shape index (κ1) is 15.3. The summed E-state index contributed by atoms with van der Waals surface area (Å²) >= 11 is 3.25. The third-order valence-corrected chi connectivity index (χ3v) is 3.17. The fourth-order valence-corrected chi connectivity index (χ4v) is 2.14. The zero-order valence-corrected chi connectivity index (χ0v) is 11.9. The number of carbonyl (C=O) groups excluding carboxylic acids is 1. The topological polar surface area (TPSA) is 63.6 Å². The van der Waals surface area contributed by atoms with E-state index < -0.39 is 17.4 Å². The van der Waals surface area contributed by atoms with E-state index in [0.29, 0.717) is 10.0 Å². The summed E-state index contributed by atoms with van der Waals surface area (Å²) in [7, 11) is 0. The predicted molar refractivity (Wildman–Crippen MR) is 73.5 cm³/mol. The Morgan fingerprint density at radius 1 is 1.53 bits per heavy atom. The van der Waals surface area contributed by atoms with Crippen molar-refractivity contribution in [1.29, 1.82) is 0 Å². The van der Waals surface area contributed by atoms with Crippen LogP contribution >= 0.6 is 15.9 Å². The molecule has 0 aromatic heterocycles. The molecule has 0 heterocycles. The standard InChI is InChI=1S/C14H13BrO4/c1-3-8-14(12(16)17,13(18)19-4-2)10-6-5-7-11(15)9-10/h1,5-7,9H,4,8H2,2H3,(H,16,17). The summed E-state index contributed by atoms with van der Waals surface area (Å²) in [5.74, 6) is 0.0841. The Bertz CT molecular complexity index is 532. The van der Waals surface area contributed by atoms with Crippen molar-refractivity contribution < 1.29 is 19.4 Å². The average Bonchev–Trinajstić information content (AvgIpc) is 2.35. The monoisotopic (exact) mass is 324 g/mol. The fraction of sp³-hybridized carbons (Fsp3) is 0.286. The molecule has 1 atom stereocenters. The molecule has 0 aliphatic heterocycles. The van der Waals surface area contributed by atoms with Gasteiger partial charge in [0.25, 0.3) is 0 Å². The van der Waals surface area contributed by atoms with Crippen molar-refractivity contribution in [3.8, 4) is 12.3 Å². The van der Waals surface area contributed by atoms with E-state index in [0.717, 1.165) is 0 Å². The lowest BCUT2D eigenvalue weighted by Crippen LogP contribution is -2.44. The van der Waals surface area contributed by atoms with Gasteiger partial charge in [-0.25, -0.2) is 0 Å².